The zero-order valence-corrected chi connectivity index (χ0v) is 13.2. The van der Waals surface area contributed by atoms with Gasteiger partial charge in [-0.1, -0.05) is 0 Å². The molecule has 3 heterocycles. The van der Waals surface area contributed by atoms with Crippen LogP contribution in [0.25, 0.3) is 0 Å². The van der Waals surface area contributed by atoms with Crippen LogP contribution in [-0.2, 0) is 9.53 Å². The number of ether oxygens (including phenoxy) is 1. The number of anilines is 1. The van der Waals surface area contributed by atoms with Gasteiger partial charge in [-0.05, 0) is 31.9 Å². The second-order valence-corrected chi connectivity index (χ2v) is 5.97. The number of hydrogen-bond acceptors (Lipinski definition) is 5. The van der Waals surface area contributed by atoms with E-state index >= 15 is 0 Å². The molecule has 0 radical (unpaired) electrons. The highest BCUT2D eigenvalue weighted by Gasteiger charge is 2.28. The van der Waals surface area contributed by atoms with Gasteiger partial charge in [0.25, 0.3) is 11.8 Å². The topological polar surface area (TPSA) is 83.6 Å². The van der Waals surface area contributed by atoms with Crippen LogP contribution in [0, 0.1) is 0 Å². The van der Waals surface area contributed by atoms with Gasteiger partial charge in [0.05, 0.1) is 6.10 Å². The summed E-state index contributed by atoms with van der Waals surface area (Å²) in [4.78, 5) is 30.5. The maximum Gasteiger partial charge on any atom is 0.272 e. The SMILES string of the molecule is CC1CCC(C(=O)Nc2ccnc(C(=O)N3CCNCC3)c2)O1. The molecule has 3 rings (SSSR count). The van der Waals surface area contributed by atoms with Crippen LogP contribution in [0.3, 0.4) is 0 Å². The quantitative estimate of drug-likeness (QED) is 0.854. The van der Waals surface area contributed by atoms with Gasteiger partial charge in [0, 0.05) is 38.1 Å². The Morgan fingerprint density at radius 1 is 1.35 bits per heavy atom. The van der Waals surface area contributed by atoms with Gasteiger partial charge in [0.2, 0.25) is 0 Å². The van der Waals surface area contributed by atoms with Crippen molar-refractivity contribution in [3.63, 3.8) is 0 Å². The number of pyridine rings is 1. The van der Waals surface area contributed by atoms with E-state index < -0.39 is 6.10 Å². The Morgan fingerprint density at radius 3 is 2.83 bits per heavy atom. The first-order valence-corrected chi connectivity index (χ1v) is 8.06. The van der Waals surface area contributed by atoms with E-state index in [2.05, 4.69) is 15.6 Å². The molecule has 2 atom stereocenters. The lowest BCUT2D eigenvalue weighted by atomic mass is 10.2. The summed E-state index contributed by atoms with van der Waals surface area (Å²) in [5.41, 5.74) is 0.928. The first-order valence-electron chi connectivity index (χ1n) is 8.06. The number of amides is 2. The molecule has 2 aliphatic heterocycles. The van der Waals surface area contributed by atoms with Crippen molar-refractivity contribution in [2.45, 2.75) is 32.0 Å². The van der Waals surface area contributed by atoms with Crippen molar-refractivity contribution in [2.24, 2.45) is 0 Å². The predicted molar refractivity (Wildman–Crippen MR) is 85.2 cm³/mol. The number of hydrogen-bond donors (Lipinski definition) is 2. The molecule has 2 saturated heterocycles. The molecule has 23 heavy (non-hydrogen) atoms. The maximum absolute atomic E-state index is 12.4. The van der Waals surface area contributed by atoms with Crippen LogP contribution in [0.1, 0.15) is 30.3 Å². The average molecular weight is 318 g/mol. The fourth-order valence-corrected chi connectivity index (χ4v) is 2.87. The molecular weight excluding hydrogens is 296 g/mol. The van der Waals surface area contributed by atoms with Gasteiger partial charge in [-0.2, -0.15) is 0 Å². The van der Waals surface area contributed by atoms with Crippen LogP contribution < -0.4 is 10.6 Å². The van der Waals surface area contributed by atoms with Gasteiger partial charge >= 0.3 is 0 Å². The Hall–Kier alpha value is -1.99. The first-order chi connectivity index (χ1) is 11.1. The number of carbonyl (C=O) groups excluding carboxylic acids is 2. The minimum absolute atomic E-state index is 0.103. The Kier molecular flexibility index (Phi) is 4.88. The van der Waals surface area contributed by atoms with Crippen LogP contribution in [0.2, 0.25) is 0 Å². The molecule has 7 nitrogen and oxygen atoms in total. The monoisotopic (exact) mass is 318 g/mol. The summed E-state index contributed by atoms with van der Waals surface area (Å²) in [6.07, 6.45) is 2.87. The summed E-state index contributed by atoms with van der Waals surface area (Å²) >= 11 is 0. The Balaban J connectivity index is 1.65. The molecule has 0 aromatic carbocycles. The van der Waals surface area contributed by atoms with Crippen LogP contribution in [0.15, 0.2) is 18.3 Å². The summed E-state index contributed by atoms with van der Waals surface area (Å²) in [6.45, 7) is 4.89. The average Bonchev–Trinajstić information content (AvgIpc) is 3.02. The zero-order valence-electron chi connectivity index (χ0n) is 13.2. The Bertz CT molecular complexity index is 586. The molecule has 0 bridgehead atoms. The van der Waals surface area contributed by atoms with E-state index in [1.807, 2.05) is 6.92 Å². The molecular formula is C16H22N4O3. The van der Waals surface area contributed by atoms with E-state index in [-0.39, 0.29) is 17.9 Å². The van der Waals surface area contributed by atoms with Crippen LogP contribution >= 0.6 is 0 Å². The van der Waals surface area contributed by atoms with Gasteiger partial charge in [-0.15, -0.1) is 0 Å². The summed E-state index contributed by atoms with van der Waals surface area (Å²) in [5.74, 6) is -0.269. The molecule has 2 aliphatic rings. The van der Waals surface area contributed by atoms with E-state index in [4.69, 9.17) is 4.74 Å². The molecule has 1 aromatic rings. The fraction of sp³-hybridized carbons (Fsp3) is 0.562. The fourth-order valence-electron chi connectivity index (χ4n) is 2.87. The van der Waals surface area contributed by atoms with Gasteiger partial charge < -0.3 is 20.3 Å². The second-order valence-electron chi connectivity index (χ2n) is 5.97. The van der Waals surface area contributed by atoms with Crippen molar-refractivity contribution >= 4 is 17.5 Å². The smallest absolute Gasteiger partial charge is 0.272 e. The number of piperazine rings is 1. The number of aromatic nitrogens is 1. The lowest BCUT2D eigenvalue weighted by Crippen LogP contribution is -2.46. The van der Waals surface area contributed by atoms with Gasteiger partial charge in [-0.3, -0.25) is 14.6 Å². The predicted octanol–water partition coefficient (Wildman–Crippen LogP) is 0.633. The van der Waals surface area contributed by atoms with Crippen LogP contribution in [0.5, 0.6) is 0 Å². The van der Waals surface area contributed by atoms with Gasteiger partial charge in [-0.25, -0.2) is 0 Å². The van der Waals surface area contributed by atoms with Gasteiger partial charge in [0.15, 0.2) is 0 Å². The third kappa shape index (κ3) is 3.86. The number of rotatable bonds is 3. The number of carbonyl (C=O) groups is 2. The molecule has 0 spiro atoms. The zero-order chi connectivity index (χ0) is 16.2. The van der Waals surface area contributed by atoms with Crippen molar-refractivity contribution in [3.8, 4) is 0 Å². The summed E-state index contributed by atoms with van der Waals surface area (Å²) in [7, 11) is 0. The lowest BCUT2D eigenvalue weighted by molar-refractivity contribution is -0.126. The number of nitrogens with zero attached hydrogens (tertiary/aromatic N) is 2. The van der Waals surface area contributed by atoms with E-state index in [9.17, 15) is 9.59 Å². The van der Waals surface area contributed by atoms with Crippen LogP contribution in [0.4, 0.5) is 5.69 Å². The standard InChI is InChI=1S/C16H22N4O3/c1-11-2-3-14(23-11)15(21)19-12-4-5-18-13(10-12)16(22)20-8-6-17-7-9-20/h4-5,10-11,14,17H,2-3,6-9H2,1H3,(H,18,19,21). The molecule has 0 saturated carbocycles. The normalized spacial score (nSPS) is 24.5. The van der Waals surface area contributed by atoms with Crippen molar-refractivity contribution in [3.05, 3.63) is 24.0 Å². The minimum atomic E-state index is -0.412. The third-order valence-corrected chi connectivity index (χ3v) is 4.18. The third-order valence-electron chi connectivity index (χ3n) is 4.18. The summed E-state index contributed by atoms with van der Waals surface area (Å²) in [6, 6.07) is 3.31. The Labute approximate surface area is 135 Å². The molecule has 2 amide bonds. The largest absolute Gasteiger partial charge is 0.365 e. The Morgan fingerprint density at radius 2 is 2.13 bits per heavy atom. The highest BCUT2D eigenvalue weighted by atomic mass is 16.5. The second kappa shape index (κ2) is 7.06. The lowest BCUT2D eigenvalue weighted by Gasteiger charge is -2.27. The minimum Gasteiger partial charge on any atom is -0.365 e. The van der Waals surface area contributed by atoms with Gasteiger partial charge in [0.1, 0.15) is 11.8 Å². The molecule has 0 aliphatic carbocycles. The summed E-state index contributed by atoms with van der Waals surface area (Å²) < 4.78 is 5.56. The first kappa shape index (κ1) is 15.9. The molecule has 2 N–H and O–H groups in total. The maximum atomic E-state index is 12.4. The molecule has 124 valence electrons. The highest BCUT2D eigenvalue weighted by molar-refractivity contribution is 5.97. The molecule has 1 aromatic heterocycles. The van der Waals surface area contributed by atoms with E-state index in [1.165, 1.54) is 0 Å². The number of nitrogens with one attached hydrogen (secondary N) is 2. The van der Waals surface area contributed by atoms with Crippen molar-refractivity contribution in [2.75, 3.05) is 31.5 Å². The molecule has 7 heteroatoms. The van der Waals surface area contributed by atoms with E-state index in [1.54, 1.807) is 23.2 Å². The van der Waals surface area contributed by atoms with E-state index in [0.717, 1.165) is 25.9 Å². The van der Waals surface area contributed by atoms with Crippen LogP contribution in [-0.4, -0.2) is 60.1 Å². The summed E-state index contributed by atoms with van der Waals surface area (Å²) in [5, 5.41) is 6.02. The molecule has 2 unspecified atom stereocenters. The van der Waals surface area contributed by atoms with Crippen molar-refractivity contribution in [1.29, 1.82) is 0 Å². The van der Waals surface area contributed by atoms with Crippen molar-refractivity contribution < 1.29 is 14.3 Å². The van der Waals surface area contributed by atoms with Crippen molar-refractivity contribution in [1.82, 2.24) is 15.2 Å². The highest BCUT2D eigenvalue weighted by Crippen LogP contribution is 2.20. The van der Waals surface area contributed by atoms with E-state index in [0.29, 0.717) is 24.5 Å². The molecule has 2 fully saturated rings.